The van der Waals surface area contributed by atoms with Gasteiger partial charge in [-0.25, -0.2) is 4.79 Å². The predicted molar refractivity (Wildman–Crippen MR) is 74.8 cm³/mol. The van der Waals surface area contributed by atoms with Crippen LogP contribution in [0.15, 0.2) is 0 Å². The van der Waals surface area contributed by atoms with Gasteiger partial charge in [-0.3, -0.25) is 4.79 Å². The van der Waals surface area contributed by atoms with E-state index in [2.05, 4.69) is 12.2 Å². The highest BCUT2D eigenvalue weighted by Crippen LogP contribution is 2.32. The van der Waals surface area contributed by atoms with E-state index in [1.54, 1.807) is 0 Å². The van der Waals surface area contributed by atoms with E-state index in [0.29, 0.717) is 0 Å². The first-order valence-corrected chi connectivity index (χ1v) is 7.42. The summed E-state index contributed by atoms with van der Waals surface area (Å²) in [5.74, 6) is -0.327. The number of amides is 1. The second-order valence-corrected chi connectivity index (χ2v) is 6.28. The van der Waals surface area contributed by atoms with Gasteiger partial charge in [0.1, 0.15) is 5.54 Å². The average Bonchev–Trinajstić information content (AvgIpc) is 2.36. The number of hydrogen-bond acceptors (Lipinski definition) is 2. The number of hydrogen-bond donors (Lipinski definition) is 2. The monoisotopic (exact) mass is 269 g/mol. The Hall–Kier alpha value is -1.06. The van der Waals surface area contributed by atoms with Crippen LogP contribution >= 0.6 is 0 Å². The van der Waals surface area contributed by atoms with E-state index in [4.69, 9.17) is 5.11 Å². The highest BCUT2D eigenvalue weighted by molar-refractivity contribution is 5.87. The molecule has 0 radical (unpaired) electrons. The van der Waals surface area contributed by atoms with Crippen molar-refractivity contribution in [1.29, 1.82) is 0 Å². The van der Waals surface area contributed by atoms with Crippen LogP contribution in [0.4, 0.5) is 0 Å². The van der Waals surface area contributed by atoms with E-state index in [-0.39, 0.29) is 11.8 Å². The molecule has 19 heavy (non-hydrogen) atoms. The second kappa shape index (κ2) is 6.92. The molecule has 0 heterocycles. The number of unbranched alkanes of at least 4 members (excludes halogenated alkanes) is 1. The van der Waals surface area contributed by atoms with Crippen LogP contribution in [-0.2, 0) is 9.59 Å². The summed E-state index contributed by atoms with van der Waals surface area (Å²) in [5, 5.41) is 11.7. The van der Waals surface area contributed by atoms with Gasteiger partial charge in [0.15, 0.2) is 0 Å². The first-order chi connectivity index (χ1) is 8.86. The van der Waals surface area contributed by atoms with Crippen molar-refractivity contribution in [2.75, 3.05) is 0 Å². The van der Waals surface area contributed by atoms with Crippen molar-refractivity contribution < 1.29 is 14.7 Å². The van der Waals surface area contributed by atoms with Crippen molar-refractivity contribution >= 4 is 11.9 Å². The summed E-state index contributed by atoms with van der Waals surface area (Å²) in [6.07, 6.45) is 7.77. The van der Waals surface area contributed by atoms with Gasteiger partial charge in [0.25, 0.3) is 0 Å². The fourth-order valence-corrected chi connectivity index (χ4v) is 2.67. The first-order valence-electron chi connectivity index (χ1n) is 7.42. The molecule has 1 aliphatic rings. The Labute approximate surface area is 116 Å². The lowest BCUT2D eigenvalue weighted by atomic mass is 9.79. The Morgan fingerprint density at radius 1 is 1.21 bits per heavy atom. The molecule has 110 valence electrons. The fraction of sp³-hybridized carbons (Fsp3) is 0.867. The van der Waals surface area contributed by atoms with E-state index < -0.39 is 11.5 Å². The molecule has 0 aromatic heterocycles. The lowest BCUT2D eigenvalue weighted by Gasteiger charge is -2.30. The molecule has 0 spiro atoms. The van der Waals surface area contributed by atoms with Gasteiger partial charge in [0.2, 0.25) is 5.91 Å². The van der Waals surface area contributed by atoms with Gasteiger partial charge in [-0.15, -0.1) is 0 Å². The Bertz CT molecular complexity index is 317. The number of carbonyl (C=O) groups excluding carboxylic acids is 1. The van der Waals surface area contributed by atoms with Crippen LogP contribution in [0.5, 0.6) is 0 Å². The smallest absolute Gasteiger partial charge is 0.328 e. The molecule has 1 fully saturated rings. The van der Waals surface area contributed by atoms with Gasteiger partial charge in [0.05, 0.1) is 0 Å². The van der Waals surface area contributed by atoms with Crippen LogP contribution < -0.4 is 5.32 Å². The number of carbonyl (C=O) groups is 2. The Balaban J connectivity index is 2.39. The number of carboxylic acid groups (broad SMARTS) is 1. The third kappa shape index (κ3) is 4.84. The van der Waals surface area contributed by atoms with Crippen LogP contribution in [-0.4, -0.2) is 22.5 Å². The molecule has 1 aliphatic carbocycles. The quantitative estimate of drug-likeness (QED) is 0.779. The Kier molecular flexibility index (Phi) is 5.83. The van der Waals surface area contributed by atoms with Gasteiger partial charge in [-0.2, -0.15) is 0 Å². The van der Waals surface area contributed by atoms with Crippen LogP contribution in [0.2, 0.25) is 0 Å². The summed E-state index contributed by atoms with van der Waals surface area (Å²) in [7, 11) is 0. The van der Waals surface area contributed by atoms with E-state index in [1.807, 2.05) is 0 Å². The zero-order valence-electron chi connectivity index (χ0n) is 12.4. The van der Waals surface area contributed by atoms with E-state index in [0.717, 1.165) is 31.6 Å². The van der Waals surface area contributed by atoms with Crippen molar-refractivity contribution in [3.8, 4) is 0 Å². The van der Waals surface area contributed by atoms with Gasteiger partial charge >= 0.3 is 5.97 Å². The maximum Gasteiger partial charge on any atom is 0.328 e. The van der Waals surface area contributed by atoms with Crippen molar-refractivity contribution in [2.24, 2.45) is 11.8 Å². The average molecular weight is 269 g/mol. The number of nitrogens with one attached hydrogen (secondary N) is 1. The van der Waals surface area contributed by atoms with Crippen molar-refractivity contribution in [3.63, 3.8) is 0 Å². The largest absolute Gasteiger partial charge is 0.480 e. The third-order valence-corrected chi connectivity index (χ3v) is 4.15. The van der Waals surface area contributed by atoms with Gasteiger partial charge < -0.3 is 10.4 Å². The predicted octanol–water partition coefficient (Wildman–Crippen LogP) is 2.96. The lowest BCUT2D eigenvalue weighted by Crippen LogP contribution is -2.51. The summed E-state index contributed by atoms with van der Waals surface area (Å²) >= 11 is 0. The molecule has 0 bridgehead atoms. The van der Waals surface area contributed by atoms with Crippen LogP contribution in [0.3, 0.4) is 0 Å². The van der Waals surface area contributed by atoms with Crippen molar-refractivity contribution in [3.05, 3.63) is 0 Å². The molecule has 1 rings (SSSR count). The summed E-state index contributed by atoms with van der Waals surface area (Å²) in [6.45, 7) is 5.26. The summed E-state index contributed by atoms with van der Waals surface area (Å²) in [6, 6.07) is 0. The molecular formula is C15H27NO3. The zero-order valence-corrected chi connectivity index (χ0v) is 12.4. The first kappa shape index (κ1) is 16.0. The Morgan fingerprint density at radius 3 is 2.26 bits per heavy atom. The molecule has 1 amide bonds. The van der Waals surface area contributed by atoms with E-state index >= 15 is 0 Å². The number of carboxylic acids is 1. The molecule has 2 N–H and O–H groups in total. The molecule has 4 nitrogen and oxygen atoms in total. The molecule has 0 unspecified atom stereocenters. The van der Waals surface area contributed by atoms with Crippen LogP contribution in [0.25, 0.3) is 0 Å². The van der Waals surface area contributed by atoms with E-state index in [1.165, 1.54) is 33.1 Å². The Morgan fingerprint density at radius 2 is 1.79 bits per heavy atom. The van der Waals surface area contributed by atoms with Gasteiger partial charge in [0, 0.05) is 5.92 Å². The lowest BCUT2D eigenvalue weighted by molar-refractivity contribution is -0.147. The topological polar surface area (TPSA) is 66.4 Å². The van der Waals surface area contributed by atoms with E-state index in [9.17, 15) is 9.59 Å². The molecule has 1 saturated carbocycles. The highest BCUT2D eigenvalue weighted by atomic mass is 16.4. The zero-order chi connectivity index (χ0) is 14.5. The molecule has 0 aromatic carbocycles. The summed E-state index contributed by atoms with van der Waals surface area (Å²) in [5.41, 5.74) is -1.17. The number of rotatable bonds is 6. The minimum atomic E-state index is -1.17. The fourth-order valence-electron chi connectivity index (χ4n) is 2.67. The molecule has 4 heteroatoms. The normalized spacial score (nSPS) is 23.9. The summed E-state index contributed by atoms with van der Waals surface area (Å²) in [4.78, 5) is 23.1. The third-order valence-electron chi connectivity index (χ3n) is 4.15. The van der Waals surface area contributed by atoms with Crippen LogP contribution in [0, 0.1) is 11.8 Å². The number of aliphatic carboxylic acids is 1. The molecule has 0 saturated heterocycles. The maximum atomic E-state index is 12.1. The molecule has 0 aliphatic heterocycles. The molecule has 0 aromatic rings. The standard InChI is InChI=1S/C15H27NO3/c1-4-5-6-11-7-9-12(10-8-11)13(17)16-15(2,3)14(18)19/h11-12H,4-10H2,1-3H3,(H,16,17)(H,18,19). The molecule has 0 atom stereocenters. The minimum absolute atomic E-state index is 0.00324. The maximum absolute atomic E-state index is 12.1. The van der Waals surface area contributed by atoms with Crippen LogP contribution in [0.1, 0.15) is 65.7 Å². The SMILES string of the molecule is CCCCC1CCC(C(=O)NC(C)(C)C(=O)O)CC1. The molecular weight excluding hydrogens is 242 g/mol. The van der Waals surface area contributed by atoms with Gasteiger partial charge in [-0.1, -0.05) is 26.2 Å². The van der Waals surface area contributed by atoms with Gasteiger partial charge in [-0.05, 0) is 45.4 Å². The summed E-state index contributed by atoms with van der Waals surface area (Å²) < 4.78 is 0. The second-order valence-electron chi connectivity index (χ2n) is 6.28. The van der Waals surface area contributed by atoms with Crippen molar-refractivity contribution in [1.82, 2.24) is 5.32 Å². The highest BCUT2D eigenvalue weighted by Gasteiger charge is 2.33. The van der Waals surface area contributed by atoms with Crippen molar-refractivity contribution in [2.45, 2.75) is 71.3 Å². The minimum Gasteiger partial charge on any atom is -0.480 e.